The van der Waals surface area contributed by atoms with E-state index in [2.05, 4.69) is 69.4 Å². The van der Waals surface area contributed by atoms with Crippen LogP contribution in [0.25, 0.3) is 21.9 Å². The van der Waals surface area contributed by atoms with Crippen LogP contribution in [0, 0.1) is 11.3 Å². The van der Waals surface area contributed by atoms with E-state index in [0.717, 1.165) is 16.8 Å². The minimum Gasteiger partial charge on any atom is -0.328 e. The lowest BCUT2D eigenvalue weighted by Crippen LogP contribution is -2.08. The van der Waals surface area contributed by atoms with Crippen molar-refractivity contribution in [2.24, 2.45) is 0 Å². The molecule has 2 heterocycles. The molecule has 3 aromatic carbocycles. The average Bonchev–Trinajstić information content (AvgIpc) is 3.44. The van der Waals surface area contributed by atoms with Crippen molar-refractivity contribution in [3.63, 3.8) is 0 Å². The Labute approximate surface area is 174 Å². The van der Waals surface area contributed by atoms with Crippen LogP contribution in [0.2, 0.25) is 0 Å². The van der Waals surface area contributed by atoms with Crippen LogP contribution >= 0.6 is 0 Å². The standard InChI is InChI=1S/C25H19N5/c26-12-19-8-10-20(11-9-19)15-29-18-27-14-23(29)17-30-16-22(13-28-30)25-7-3-5-21-4-1-2-6-24(21)25/h1-11,13-14,16,18H,15,17H2. The van der Waals surface area contributed by atoms with Crippen molar-refractivity contribution in [3.05, 3.63) is 108 Å². The van der Waals surface area contributed by atoms with Gasteiger partial charge in [0.25, 0.3) is 0 Å². The van der Waals surface area contributed by atoms with Crippen LogP contribution in [0.1, 0.15) is 16.8 Å². The minimum absolute atomic E-state index is 0.640. The number of hydrogen-bond acceptors (Lipinski definition) is 3. The summed E-state index contributed by atoms with van der Waals surface area (Å²) in [5.74, 6) is 0. The van der Waals surface area contributed by atoms with Gasteiger partial charge in [0.05, 0.1) is 42.6 Å². The molecule has 0 radical (unpaired) electrons. The molecule has 0 aliphatic heterocycles. The normalized spacial score (nSPS) is 10.9. The molecule has 30 heavy (non-hydrogen) atoms. The molecule has 5 nitrogen and oxygen atoms in total. The largest absolute Gasteiger partial charge is 0.328 e. The second kappa shape index (κ2) is 7.69. The van der Waals surface area contributed by atoms with Gasteiger partial charge in [-0.25, -0.2) is 4.98 Å². The summed E-state index contributed by atoms with van der Waals surface area (Å²) in [5.41, 5.74) is 5.16. The molecular weight excluding hydrogens is 370 g/mol. The highest BCUT2D eigenvalue weighted by molar-refractivity contribution is 5.96. The fourth-order valence-corrected chi connectivity index (χ4v) is 3.74. The smallest absolute Gasteiger partial charge is 0.0991 e. The molecule has 0 saturated heterocycles. The Morgan fingerprint density at radius 2 is 1.70 bits per heavy atom. The van der Waals surface area contributed by atoms with Gasteiger partial charge < -0.3 is 4.57 Å². The zero-order valence-electron chi connectivity index (χ0n) is 16.3. The maximum Gasteiger partial charge on any atom is 0.0991 e. The number of imidazole rings is 1. The summed E-state index contributed by atoms with van der Waals surface area (Å²) >= 11 is 0. The fourth-order valence-electron chi connectivity index (χ4n) is 3.74. The van der Waals surface area contributed by atoms with Crippen LogP contribution in [-0.2, 0) is 13.1 Å². The molecule has 0 aliphatic rings. The van der Waals surface area contributed by atoms with E-state index in [1.807, 2.05) is 47.7 Å². The van der Waals surface area contributed by atoms with Crippen LogP contribution in [-0.4, -0.2) is 19.3 Å². The molecule has 0 amide bonds. The summed E-state index contributed by atoms with van der Waals surface area (Å²) < 4.78 is 4.06. The van der Waals surface area contributed by atoms with E-state index in [0.29, 0.717) is 18.7 Å². The Bertz CT molecular complexity index is 1350. The monoisotopic (exact) mass is 389 g/mol. The highest BCUT2D eigenvalue weighted by Crippen LogP contribution is 2.28. The maximum absolute atomic E-state index is 8.96. The molecule has 0 saturated carbocycles. The second-order valence-electron chi connectivity index (χ2n) is 7.27. The Hall–Kier alpha value is -4.17. The summed E-state index contributed by atoms with van der Waals surface area (Å²) in [6.07, 6.45) is 7.72. The molecule has 0 unspecified atom stereocenters. The number of aromatic nitrogens is 4. The van der Waals surface area contributed by atoms with Crippen molar-refractivity contribution in [1.82, 2.24) is 19.3 Å². The van der Waals surface area contributed by atoms with Gasteiger partial charge in [-0.3, -0.25) is 4.68 Å². The number of hydrogen-bond donors (Lipinski definition) is 0. The van der Waals surface area contributed by atoms with E-state index >= 15 is 0 Å². The number of rotatable bonds is 5. The SMILES string of the molecule is N#Cc1ccc(Cn2cncc2Cn2cc(-c3cccc4ccccc34)cn2)cc1. The number of benzene rings is 3. The highest BCUT2D eigenvalue weighted by Gasteiger charge is 2.09. The number of nitriles is 1. The molecule has 5 heteroatoms. The number of fused-ring (bicyclic) bond motifs is 1. The first-order chi connectivity index (χ1) is 14.8. The maximum atomic E-state index is 8.96. The van der Waals surface area contributed by atoms with Crippen LogP contribution in [0.15, 0.2) is 91.6 Å². The van der Waals surface area contributed by atoms with Crippen molar-refractivity contribution < 1.29 is 0 Å². The predicted molar refractivity (Wildman–Crippen MR) is 117 cm³/mol. The zero-order valence-corrected chi connectivity index (χ0v) is 16.3. The van der Waals surface area contributed by atoms with E-state index < -0.39 is 0 Å². The van der Waals surface area contributed by atoms with E-state index in [4.69, 9.17) is 5.26 Å². The molecule has 0 N–H and O–H groups in total. The lowest BCUT2D eigenvalue weighted by Gasteiger charge is -2.09. The third-order valence-corrected chi connectivity index (χ3v) is 5.29. The van der Waals surface area contributed by atoms with E-state index in [1.54, 1.807) is 0 Å². The van der Waals surface area contributed by atoms with Gasteiger partial charge in [-0.2, -0.15) is 10.4 Å². The van der Waals surface area contributed by atoms with Crippen molar-refractivity contribution >= 4 is 10.8 Å². The van der Waals surface area contributed by atoms with Gasteiger partial charge in [-0.1, -0.05) is 54.6 Å². The Morgan fingerprint density at radius 1 is 0.867 bits per heavy atom. The summed E-state index contributed by atoms with van der Waals surface area (Å²) in [6.45, 7) is 1.35. The predicted octanol–water partition coefficient (Wildman–Crippen LogP) is 4.87. The molecule has 0 bridgehead atoms. The highest BCUT2D eigenvalue weighted by atomic mass is 15.3. The number of nitrogens with zero attached hydrogens (tertiary/aromatic N) is 5. The van der Waals surface area contributed by atoms with Gasteiger partial charge in [0.1, 0.15) is 0 Å². The molecule has 5 aromatic rings. The summed E-state index contributed by atoms with van der Waals surface area (Å²) in [7, 11) is 0. The van der Waals surface area contributed by atoms with Gasteiger partial charge in [0, 0.05) is 18.3 Å². The third kappa shape index (κ3) is 3.47. The first-order valence-electron chi connectivity index (χ1n) is 9.79. The van der Waals surface area contributed by atoms with Gasteiger partial charge in [-0.15, -0.1) is 0 Å². The summed E-state index contributed by atoms with van der Waals surface area (Å²) in [6, 6.07) is 24.6. The first-order valence-corrected chi connectivity index (χ1v) is 9.79. The molecule has 5 rings (SSSR count). The molecule has 0 fully saturated rings. The quantitative estimate of drug-likeness (QED) is 0.431. The second-order valence-corrected chi connectivity index (χ2v) is 7.27. The average molecular weight is 389 g/mol. The van der Waals surface area contributed by atoms with E-state index in [1.165, 1.54) is 16.3 Å². The third-order valence-electron chi connectivity index (χ3n) is 5.29. The Morgan fingerprint density at radius 3 is 2.57 bits per heavy atom. The van der Waals surface area contributed by atoms with Gasteiger partial charge in [0.2, 0.25) is 0 Å². The fraction of sp³-hybridized carbons (Fsp3) is 0.0800. The topological polar surface area (TPSA) is 59.4 Å². The lowest BCUT2D eigenvalue weighted by molar-refractivity contribution is 0.631. The molecular formula is C25H19N5. The Balaban J connectivity index is 1.38. The Kier molecular flexibility index (Phi) is 4.59. The van der Waals surface area contributed by atoms with E-state index in [-0.39, 0.29) is 0 Å². The summed E-state index contributed by atoms with van der Waals surface area (Å²) in [5, 5.41) is 16.0. The zero-order chi connectivity index (χ0) is 20.3. The first kappa shape index (κ1) is 17.9. The lowest BCUT2D eigenvalue weighted by atomic mass is 10.0. The molecule has 2 aromatic heterocycles. The van der Waals surface area contributed by atoms with Crippen molar-refractivity contribution in [2.45, 2.75) is 13.1 Å². The van der Waals surface area contributed by atoms with Crippen molar-refractivity contribution in [3.8, 4) is 17.2 Å². The molecule has 0 atom stereocenters. The van der Waals surface area contributed by atoms with Crippen LogP contribution in [0.4, 0.5) is 0 Å². The molecule has 0 spiro atoms. The van der Waals surface area contributed by atoms with Gasteiger partial charge in [-0.05, 0) is 34.0 Å². The van der Waals surface area contributed by atoms with Crippen molar-refractivity contribution in [1.29, 1.82) is 5.26 Å². The van der Waals surface area contributed by atoms with Gasteiger partial charge >= 0.3 is 0 Å². The summed E-state index contributed by atoms with van der Waals surface area (Å²) in [4.78, 5) is 4.32. The van der Waals surface area contributed by atoms with Crippen molar-refractivity contribution in [2.75, 3.05) is 0 Å². The van der Waals surface area contributed by atoms with Gasteiger partial charge in [0.15, 0.2) is 0 Å². The van der Waals surface area contributed by atoms with Crippen LogP contribution < -0.4 is 0 Å². The molecule has 0 aliphatic carbocycles. The van der Waals surface area contributed by atoms with E-state index in [9.17, 15) is 0 Å². The minimum atomic E-state index is 0.640. The van der Waals surface area contributed by atoms with Crippen LogP contribution in [0.5, 0.6) is 0 Å². The van der Waals surface area contributed by atoms with Crippen LogP contribution in [0.3, 0.4) is 0 Å². The molecule has 144 valence electrons.